The van der Waals surface area contributed by atoms with E-state index < -0.39 is 6.56 Å². The van der Waals surface area contributed by atoms with Gasteiger partial charge in [0.2, 0.25) is 0 Å². The Kier molecular flexibility index (Phi) is 2.30. The van der Waals surface area contributed by atoms with Crippen LogP contribution in [0.25, 0.3) is 0 Å². The summed E-state index contributed by atoms with van der Waals surface area (Å²) in [6.45, 7) is -2.00. The van der Waals surface area contributed by atoms with E-state index in [4.69, 9.17) is 7.85 Å². The maximum Gasteiger partial charge on any atom is 0.0564 e. The summed E-state index contributed by atoms with van der Waals surface area (Å²) in [5.41, 5.74) is 0. The second kappa shape index (κ2) is 4.44. The largest absolute Gasteiger partial charge is 0.396 e. The first-order valence-corrected chi connectivity index (χ1v) is 2.47. The lowest BCUT2D eigenvalue weighted by Crippen LogP contribution is -1.78. The van der Waals surface area contributed by atoms with Gasteiger partial charge in [0.1, 0.15) is 0 Å². The van der Waals surface area contributed by atoms with Gasteiger partial charge in [0.15, 0.2) is 0 Å². The maximum atomic E-state index is 8.32. The SMILES string of the molecule is [2H]C([2H])(O)CCBr. The minimum Gasteiger partial charge on any atom is -0.396 e. The van der Waals surface area contributed by atoms with Gasteiger partial charge in [-0.3, -0.25) is 0 Å². The molecule has 5 heavy (non-hydrogen) atoms. The van der Waals surface area contributed by atoms with Crippen LogP contribution in [0.5, 0.6) is 0 Å². The second-order valence-corrected chi connectivity index (χ2v) is 1.39. The quantitative estimate of drug-likeness (QED) is 0.563. The molecule has 0 atom stereocenters. The van der Waals surface area contributed by atoms with Crippen molar-refractivity contribution in [3.8, 4) is 0 Å². The van der Waals surface area contributed by atoms with Gasteiger partial charge in [-0.1, -0.05) is 15.9 Å². The average molecular weight is 141 g/mol. The lowest BCUT2D eigenvalue weighted by Gasteiger charge is -1.78. The fourth-order valence-corrected chi connectivity index (χ4v) is 0.220. The predicted molar refractivity (Wildman–Crippen MR) is 25.5 cm³/mol. The van der Waals surface area contributed by atoms with Crippen LogP contribution in [0.1, 0.15) is 9.16 Å². The molecule has 0 aromatic carbocycles. The van der Waals surface area contributed by atoms with Gasteiger partial charge in [0, 0.05) is 11.9 Å². The zero-order valence-electron chi connectivity index (χ0n) is 4.74. The van der Waals surface area contributed by atoms with Gasteiger partial charge in [0.25, 0.3) is 0 Å². The monoisotopic (exact) mass is 140 g/mol. The highest BCUT2D eigenvalue weighted by Gasteiger charge is 1.70. The summed E-state index contributed by atoms with van der Waals surface area (Å²) in [6, 6.07) is 0. The summed E-state index contributed by atoms with van der Waals surface area (Å²) in [5, 5.41) is 8.82. The number of alkyl halides is 1. The van der Waals surface area contributed by atoms with Crippen LogP contribution in [0.4, 0.5) is 0 Å². The Bertz CT molecular complexity index is 51.4. The number of aliphatic hydroxyl groups is 1. The van der Waals surface area contributed by atoms with Crippen molar-refractivity contribution in [3.05, 3.63) is 0 Å². The topological polar surface area (TPSA) is 20.2 Å². The van der Waals surface area contributed by atoms with E-state index in [9.17, 15) is 0 Å². The van der Waals surface area contributed by atoms with Crippen LogP contribution in [0, 0.1) is 0 Å². The third kappa shape index (κ3) is 4.44. The minimum atomic E-state index is -2.00. The molecule has 0 heterocycles. The number of halogens is 1. The highest BCUT2D eigenvalue weighted by molar-refractivity contribution is 9.09. The molecule has 0 aliphatic carbocycles. The van der Waals surface area contributed by atoms with Crippen molar-refractivity contribution in [1.82, 2.24) is 0 Å². The number of hydrogen-bond acceptors (Lipinski definition) is 1. The molecule has 0 unspecified atom stereocenters. The average Bonchev–Trinajstić information content (AvgIpc) is 1.30. The van der Waals surface area contributed by atoms with Crippen molar-refractivity contribution >= 4 is 15.9 Å². The van der Waals surface area contributed by atoms with Crippen LogP contribution >= 0.6 is 15.9 Å². The summed E-state index contributed by atoms with van der Waals surface area (Å²) in [4.78, 5) is 0. The van der Waals surface area contributed by atoms with E-state index in [0.29, 0.717) is 5.33 Å². The number of hydrogen-bond donors (Lipinski definition) is 1. The highest BCUT2D eigenvalue weighted by Crippen LogP contribution is 1.81. The lowest BCUT2D eigenvalue weighted by atomic mass is 10.5. The molecule has 0 aliphatic heterocycles. The molecule has 1 nitrogen and oxygen atoms in total. The highest BCUT2D eigenvalue weighted by atomic mass is 79.9. The van der Waals surface area contributed by atoms with Gasteiger partial charge in [-0.15, -0.1) is 0 Å². The molecule has 0 saturated heterocycles. The van der Waals surface area contributed by atoms with E-state index in [0.717, 1.165) is 0 Å². The molecule has 2 heteroatoms. The number of rotatable bonds is 2. The van der Waals surface area contributed by atoms with Crippen molar-refractivity contribution in [2.24, 2.45) is 0 Å². The first kappa shape index (κ1) is 2.59. The van der Waals surface area contributed by atoms with Crippen LogP contribution < -0.4 is 0 Å². The Morgan fingerprint density at radius 1 is 2.00 bits per heavy atom. The molecule has 1 N–H and O–H groups in total. The molecule has 0 aliphatic rings. The van der Waals surface area contributed by atoms with Crippen LogP contribution in [0.3, 0.4) is 0 Å². The molecule has 0 rings (SSSR count). The summed E-state index contributed by atoms with van der Waals surface area (Å²) in [7, 11) is 0. The Morgan fingerprint density at radius 3 is 2.60 bits per heavy atom. The smallest absolute Gasteiger partial charge is 0.0564 e. The predicted octanol–water partition coefficient (Wildman–Crippen LogP) is 0.764. The molecule has 0 aromatic rings. The second-order valence-electron chi connectivity index (χ2n) is 0.597. The Balaban J connectivity index is 3.15. The Hall–Kier alpha value is 0.440. The van der Waals surface area contributed by atoms with Crippen molar-refractivity contribution in [3.63, 3.8) is 0 Å². The summed E-state index contributed by atoms with van der Waals surface area (Å²) in [5.74, 6) is 0. The van der Waals surface area contributed by atoms with Crippen LogP contribution in [0.2, 0.25) is 0 Å². The molecule has 0 saturated carbocycles. The zero-order chi connectivity index (χ0) is 5.91. The minimum absolute atomic E-state index is 0.146. The standard InChI is InChI=1S/C3H7BrO/c4-2-1-3-5/h5H,1-3H2/i3D2. The molecule has 0 amide bonds. The van der Waals surface area contributed by atoms with Crippen molar-refractivity contribution in [2.75, 3.05) is 11.9 Å². The van der Waals surface area contributed by atoms with Gasteiger partial charge in [-0.2, -0.15) is 0 Å². The summed E-state index contributed by atoms with van der Waals surface area (Å²) in [6.07, 6.45) is 0.146. The third-order valence-corrected chi connectivity index (χ3v) is 0.603. The van der Waals surface area contributed by atoms with Gasteiger partial charge in [-0.25, -0.2) is 0 Å². The van der Waals surface area contributed by atoms with E-state index in [1.807, 2.05) is 0 Å². The van der Waals surface area contributed by atoms with Crippen molar-refractivity contribution in [2.45, 2.75) is 6.42 Å². The summed E-state index contributed by atoms with van der Waals surface area (Å²) >= 11 is 2.99. The van der Waals surface area contributed by atoms with E-state index >= 15 is 0 Å². The first-order chi connectivity index (χ1) is 3.06. The van der Waals surface area contributed by atoms with Gasteiger partial charge in [-0.05, 0) is 6.42 Å². The van der Waals surface area contributed by atoms with Crippen molar-refractivity contribution in [1.29, 1.82) is 0 Å². The fraction of sp³-hybridized carbons (Fsp3) is 1.00. The molecular formula is C3H7BrO. The van der Waals surface area contributed by atoms with Gasteiger partial charge in [0.05, 0.1) is 2.74 Å². The fourth-order valence-electron chi connectivity index (χ4n) is 0.0423. The van der Waals surface area contributed by atoms with Gasteiger partial charge >= 0.3 is 0 Å². The Morgan fingerprint density at radius 2 is 2.60 bits per heavy atom. The van der Waals surface area contributed by atoms with E-state index in [-0.39, 0.29) is 6.42 Å². The lowest BCUT2D eigenvalue weighted by molar-refractivity contribution is 0.296. The maximum absolute atomic E-state index is 8.32. The molecule has 0 aromatic heterocycles. The molecule has 32 valence electrons. The normalized spacial score (nSPS) is 17.2. The van der Waals surface area contributed by atoms with E-state index in [1.165, 1.54) is 0 Å². The Labute approximate surface area is 42.9 Å². The molecule has 0 bridgehead atoms. The van der Waals surface area contributed by atoms with Crippen LogP contribution in [0.15, 0.2) is 0 Å². The third-order valence-electron chi connectivity index (χ3n) is 0.206. The summed E-state index contributed by atoms with van der Waals surface area (Å²) < 4.78 is 13.0. The van der Waals surface area contributed by atoms with E-state index in [2.05, 4.69) is 15.9 Å². The van der Waals surface area contributed by atoms with Gasteiger partial charge < -0.3 is 5.11 Å². The molecule has 0 radical (unpaired) electrons. The zero-order valence-corrected chi connectivity index (χ0v) is 4.33. The van der Waals surface area contributed by atoms with E-state index in [1.54, 1.807) is 0 Å². The van der Waals surface area contributed by atoms with Crippen molar-refractivity contribution < 1.29 is 7.85 Å². The molecule has 0 fully saturated rings. The van der Waals surface area contributed by atoms with Crippen LogP contribution in [-0.2, 0) is 0 Å². The molecule has 0 spiro atoms. The molecular weight excluding hydrogens is 132 g/mol. The first-order valence-electron chi connectivity index (χ1n) is 2.34. The van der Waals surface area contributed by atoms with Crippen LogP contribution in [-0.4, -0.2) is 17.0 Å².